The fourth-order valence-corrected chi connectivity index (χ4v) is 1.50. The van der Waals surface area contributed by atoms with Crippen LogP contribution in [0.1, 0.15) is 18.4 Å². The number of methoxy groups -OCH3 is 1. The van der Waals surface area contributed by atoms with E-state index in [-0.39, 0.29) is 18.1 Å². The molecule has 7 heteroatoms. The van der Waals surface area contributed by atoms with Gasteiger partial charge in [0.25, 0.3) is 0 Å². The first kappa shape index (κ1) is 16.0. The van der Waals surface area contributed by atoms with Crippen LogP contribution < -0.4 is 5.32 Å². The van der Waals surface area contributed by atoms with Gasteiger partial charge in [0, 0.05) is 12.1 Å². The van der Waals surface area contributed by atoms with E-state index < -0.39 is 12.1 Å². The number of rotatable bonds is 5. The Bertz CT molecular complexity index is 469. The number of hydrogen-bond donors (Lipinski definition) is 1. The Morgan fingerprint density at radius 3 is 2.30 bits per heavy atom. The van der Waals surface area contributed by atoms with Gasteiger partial charge in [-0.3, -0.25) is 9.59 Å². The van der Waals surface area contributed by atoms with Crippen molar-refractivity contribution in [1.29, 1.82) is 0 Å². The monoisotopic (exact) mass is 289 g/mol. The number of benzene rings is 1. The zero-order valence-corrected chi connectivity index (χ0v) is 10.8. The molecule has 1 aromatic carbocycles. The Morgan fingerprint density at radius 1 is 1.20 bits per heavy atom. The SMILES string of the molecule is COC(=O)CCCc1ccc(NC(=O)C(F)(F)F)cc1. The summed E-state index contributed by atoms with van der Waals surface area (Å²) in [5, 5.41) is 1.75. The number of esters is 1. The number of ether oxygens (including phenoxy) is 1. The number of hydrogen-bond acceptors (Lipinski definition) is 3. The van der Waals surface area contributed by atoms with Gasteiger partial charge in [0.1, 0.15) is 0 Å². The molecule has 1 N–H and O–H groups in total. The molecule has 0 aliphatic heterocycles. The van der Waals surface area contributed by atoms with Gasteiger partial charge < -0.3 is 10.1 Å². The van der Waals surface area contributed by atoms with Gasteiger partial charge in [0.15, 0.2) is 0 Å². The molecule has 0 fully saturated rings. The fraction of sp³-hybridized carbons (Fsp3) is 0.385. The molecule has 4 nitrogen and oxygen atoms in total. The lowest BCUT2D eigenvalue weighted by atomic mass is 10.1. The van der Waals surface area contributed by atoms with Crippen LogP contribution in [0.25, 0.3) is 0 Å². The van der Waals surface area contributed by atoms with Crippen molar-refractivity contribution >= 4 is 17.6 Å². The number of halogens is 3. The summed E-state index contributed by atoms with van der Waals surface area (Å²) in [4.78, 5) is 21.6. The van der Waals surface area contributed by atoms with Crippen molar-refractivity contribution in [2.45, 2.75) is 25.4 Å². The van der Waals surface area contributed by atoms with E-state index in [1.807, 2.05) is 0 Å². The van der Waals surface area contributed by atoms with Crippen LogP contribution in [0.15, 0.2) is 24.3 Å². The summed E-state index contributed by atoms with van der Waals surface area (Å²) in [5.74, 6) is -2.31. The summed E-state index contributed by atoms with van der Waals surface area (Å²) < 4.78 is 40.6. The van der Waals surface area contributed by atoms with Crippen molar-refractivity contribution in [2.75, 3.05) is 12.4 Å². The Kier molecular flexibility index (Phi) is 5.54. The Hall–Kier alpha value is -2.05. The zero-order chi connectivity index (χ0) is 15.2. The lowest BCUT2D eigenvalue weighted by molar-refractivity contribution is -0.167. The Balaban J connectivity index is 2.48. The number of carbonyl (C=O) groups is 2. The van der Waals surface area contributed by atoms with Gasteiger partial charge in [-0.2, -0.15) is 13.2 Å². The first-order chi connectivity index (χ1) is 9.32. The highest BCUT2D eigenvalue weighted by Gasteiger charge is 2.38. The van der Waals surface area contributed by atoms with E-state index in [1.54, 1.807) is 17.4 Å². The van der Waals surface area contributed by atoms with Gasteiger partial charge in [0.2, 0.25) is 0 Å². The third-order valence-electron chi connectivity index (χ3n) is 2.54. The molecule has 0 aliphatic carbocycles. The first-order valence-corrected chi connectivity index (χ1v) is 5.87. The summed E-state index contributed by atoms with van der Waals surface area (Å²) in [7, 11) is 1.31. The summed E-state index contributed by atoms with van der Waals surface area (Å²) in [6, 6.07) is 5.97. The van der Waals surface area contributed by atoms with Crippen LogP contribution in [-0.4, -0.2) is 25.2 Å². The Labute approximate surface area is 113 Å². The first-order valence-electron chi connectivity index (χ1n) is 5.87. The van der Waals surface area contributed by atoms with Crippen molar-refractivity contribution in [2.24, 2.45) is 0 Å². The van der Waals surface area contributed by atoms with Crippen LogP contribution in [0.2, 0.25) is 0 Å². The third kappa shape index (κ3) is 5.29. The molecule has 0 unspecified atom stereocenters. The largest absolute Gasteiger partial charge is 0.471 e. The molecule has 0 bridgehead atoms. The predicted molar refractivity (Wildman–Crippen MR) is 66.1 cm³/mol. The van der Waals surface area contributed by atoms with E-state index in [2.05, 4.69) is 4.74 Å². The molecule has 110 valence electrons. The second kappa shape index (κ2) is 6.93. The number of nitrogens with one attached hydrogen (secondary N) is 1. The van der Waals surface area contributed by atoms with Crippen LogP contribution in [0, 0.1) is 0 Å². The average molecular weight is 289 g/mol. The number of carbonyl (C=O) groups excluding carboxylic acids is 2. The second-order valence-electron chi connectivity index (χ2n) is 4.08. The molecule has 1 aromatic rings. The zero-order valence-electron chi connectivity index (χ0n) is 10.8. The topological polar surface area (TPSA) is 55.4 Å². The fourth-order valence-electron chi connectivity index (χ4n) is 1.50. The smallest absolute Gasteiger partial charge is 0.469 e. The standard InChI is InChI=1S/C13H14F3NO3/c1-20-11(18)4-2-3-9-5-7-10(8-6-9)17-12(19)13(14,15)16/h5-8H,2-4H2,1H3,(H,17,19). The minimum atomic E-state index is -4.90. The molecule has 0 aliphatic rings. The number of amides is 1. The van der Waals surface area contributed by atoms with Crippen LogP contribution in [0.5, 0.6) is 0 Å². The number of alkyl halides is 3. The molecular formula is C13H14F3NO3. The highest BCUT2D eigenvalue weighted by atomic mass is 19.4. The molecule has 0 radical (unpaired) electrons. The molecular weight excluding hydrogens is 275 g/mol. The molecule has 0 saturated carbocycles. The summed E-state index contributed by atoms with van der Waals surface area (Å²) in [5.41, 5.74) is 0.933. The van der Waals surface area contributed by atoms with Crippen molar-refractivity contribution in [3.8, 4) is 0 Å². The predicted octanol–water partition coefficient (Wildman–Crippen LogP) is 2.68. The van der Waals surface area contributed by atoms with Crippen LogP contribution >= 0.6 is 0 Å². The van der Waals surface area contributed by atoms with Gasteiger partial charge in [-0.25, -0.2) is 0 Å². The van der Waals surface area contributed by atoms with Crippen molar-refractivity contribution < 1.29 is 27.5 Å². The molecule has 20 heavy (non-hydrogen) atoms. The van der Waals surface area contributed by atoms with Crippen LogP contribution in [0.3, 0.4) is 0 Å². The third-order valence-corrected chi connectivity index (χ3v) is 2.54. The summed E-state index contributed by atoms with van der Waals surface area (Å²) in [6.07, 6.45) is -3.44. The number of aryl methyl sites for hydroxylation is 1. The molecule has 0 aromatic heterocycles. The molecule has 0 atom stereocenters. The Morgan fingerprint density at radius 2 is 1.80 bits per heavy atom. The lowest BCUT2D eigenvalue weighted by Gasteiger charge is -2.08. The van der Waals surface area contributed by atoms with Gasteiger partial charge in [0.05, 0.1) is 7.11 Å². The second-order valence-corrected chi connectivity index (χ2v) is 4.08. The molecule has 0 spiro atoms. The minimum Gasteiger partial charge on any atom is -0.469 e. The van der Waals surface area contributed by atoms with Gasteiger partial charge in [-0.1, -0.05) is 12.1 Å². The molecule has 0 saturated heterocycles. The summed E-state index contributed by atoms with van der Waals surface area (Å²) >= 11 is 0. The maximum Gasteiger partial charge on any atom is 0.471 e. The van der Waals surface area contributed by atoms with E-state index in [4.69, 9.17) is 0 Å². The maximum absolute atomic E-state index is 12.0. The maximum atomic E-state index is 12.0. The van der Waals surface area contributed by atoms with Gasteiger partial charge in [-0.15, -0.1) is 0 Å². The van der Waals surface area contributed by atoms with Crippen molar-refractivity contribution in [1.82, 2.24) is 0 Å². The van der Waals surface area contributed by atoms with E-state index >= 15 is 0 Å². The van der Waals surface area contributed by atoms with Gasteiger partial charge in [-0.05, 0) is 30.5 Å². The molecule has 0 heterocycles. The lowest BCUT2D eigenvalue weighted by Crippen LogP contribution is -2.29. The van der Waals surface area contributed by atoms with Gasteiger partial charge >= 0.3 is 18.1 Å². The highest BCUT2D eigenvalue weighted by molar-refractivity contribution is 5.94. The summed E-state index contributed by atoms with van der Waals surface area (Å²) in [6.45, 7) is 0. The quantitative estimate of drug-likeness (QED) is 0.848. The van der Waals surface area contributed by atoms with E-state index in [0.29, 0.717) is 12.8 Å². The number of anilines is 1. The van der Waals surface area contributed by atoms with E-state index in [9.17, 15) is 22.8 Å². The van der Waals surface area contributed by atoms with Crippen molar-refractivity contribution in [3.63, 3.8) is 0 Å². The van der Waals surface area contributed by atoms with Crippen LogP contribution in [0.4, 0.5) is 18.9 Å². The van der Waals surface area contributed by atoms with Crippen LogP contribution in [-0.2, 0) is 20.7 Å². The van der Waals surface area contributed by atoms with E-state index in [0.717, 1.165) is 5.56 Å². The highest BCUT2D eigenvalue weighted by Crippen LogP contribution is 2.18. The van der Waals surface area contributed by atoms with Crippen molar-refractivity contribution in [3.05, 3.63) is 29.8 Å². The molecule has 1 rings (SSSR count). The average Bonchev–Trinajstić information content (AvgIpc) is 2.39. The normalized spacial score (nSPS) is 11.0. The minimum absolute atomic E-state index is 0.0732. The molecule has 1 amide bonds. The van der Waals surface area contributed by atoms with E-state index in [1.165, 1.54) is 19.2 Å².